The van der Waals surface area contributed by atoms with Crippen molar-refractivity contribution in [1.82, 2.24) is 15.6 Å². The van der Waals surface area contributed by atoms with E-state index in [2.05, 4.69) is 15.6 Å². The average molecular weight is 319 g/mol. The van der Waals surface area contributed by atoms with Crippen LogP contribution in [-0.4, -0.2) is 29.4 Å². The summed E-state index contributed by atoms with van der Waals surface area (Å²) < 4.78 is 23.5. The highest BCUT2D eigenvalue weighted by atomic mass is 19.1. The lowest BCUT2D eigenvalue weighted by atomic mass is 10.2. The molecule has 3 rings (SSSR count). The largest absolute Gasteiger partial charge is 0.484 e. The summed E-state index contributed by atoms with van der Waals surface area (Å²) in [6.45, 7) is 0.496. The molecular formula is C15H14FN3O4. The smallest absolute Gasteiger partial charge is 0.273 e. The Morgan fingerprint density at radius 3 is 3.13 bits per heavy atom. The first-order valence-electron chi connectivity index (χ1n) is 7.03. The molecule has 2 aromatic rings. The van der Waals surface area contributed by atoms with E-state index in [1.54, 1.807) is 6.07 Å². The standard InChI is InChI=1S/C15H14FN3O4/c16-9-2-1-3-10(6-9)22-8-13-18-12(7-23-13)15(21)19-11-4-5-17-14(11)20/h1-3,6-7,11H,4-5,8H2,(H,17,20)(H,19,21). The van der Waals surface area contributed by atoms with Crippen LogP contribution in [0.4, 0.5) is 4.39 Å². The van der Waals surface area contributed by atoms with Crippen molar-refractivity contribution in [3.8, 4) is 5.75 Å². The summed E-state index contributed by atoms with van der Waals surface area (Å²) in [5.41, 5.74) is 0.0579. The van der Waals surface area contributed by atoms with Crippen LogP contribution in [0.3, 0.4) is 0 Å². The lowest BCUT2D eigenvalue weighted by molar-refractivity contribution is -0.120. The number of oxazole rings is 1. The van der Waals surface area contributed by atoms with Crippen molar-refractivity contribution in [1.29, 1.82) is 0 Å². The number of nitrogens with zero attached hydrogens (tertiary/aromatic N) is 1. The van der Waals surface area contributed by atoms with Crippen LogP contribution in [-0.2, 0) is 11.4 Å². The van der Waals surface area contributed by atoms with Gasteiger partial charge in [0.05, 0.1) is 0 Å². The summed E-state index contributed by atoms with van der Waals surface area (Å²) in [6.07, 6.45) is 1.73. The molecule has 7 nitrogen and oxygen atoms in total. The second-order valence-corrected chi connectivity index (χ2v) is 4.98. The van der Waals surface area contributed by atoms with E-state index in [4.69, 9.17) is 9.15 Å². The van der Waals surface area contributed by atoms with Crippen LogP contribution in [0.25, 0.3) is 0 Å². The molecule has 1 aliphatic heterocycles. The molecular weight excluding hydrogens is 305 g/mol. The molecule has 2 N–H and O–H groups in total. The number of amides is 2. The first-order valence-corrected chi connectivity index (χ1v) is 7.03. The van der Waals surface area contributed by atoms with Gasteiger partial charge >= 0.3 is 0 Å². The number of halogens is 1. The molecule has 1 unspecified atom stereocenters. The maximum absolute atomic E-state index is 13.0. The molecule has 2 amide bonds. The molecule has 1 aromatic heterocycles. The van der Waals surface area contributed by atoms with Crippen LogP contribution in [0.15, 0.2) is 34.9 Å². The van der Waals surface area contributed by atoms with Crippen molar-refractivity contribution in [3.63, 3.8) is 0 Å². The van der Waals surface area contributed by atoms with Crippen molar-refractivity contribution in [2.75, 3.05) is 6.54 Å². The quantitative estimate of drug-likeness (QED) is 0.858. The molecule has 120 valence electrons. The van der Waals surface area contributed by atoms with Crippen LogP contribution in [0, 0.1) is 5.82 Å². The van der Waals surface area contributed by atoms with Gasteiger partial charge in [0, 0.05) is 12.6 Å². The van der Waals surface area contributed by atoms with Gasteiger partial charge in [-0.05, 0) is 18.6 Å². The van der Waals surface area contributed by atoms with E-state index >= 15 is 0 Å². The van der Waals surface area contributed by atoms with E-state index in [1.807, 2.05) is 0 Å². The monoisotopic (exact) mass is 319 g/mol. The molecule has 8 heteroatoms. The fraction of sp³-hybridized carbons (Fsp3) is 0.267. The Kier molecular flexibility index (Phi) is 4.22. The molecule has 1 aliphatic rings. The van der Waals surface area contributed by atoms with Crippen LogP contribution < -0.4 is 15.4 Å². The molecule has 1 fully saturated rings. The van der Waals surface area contributed by atoms with E-state index in [1.165, 1.54) is 24.5 Å². The van der Waals surface area contributed by atoms with Gasteiger partial charge in [-0.2, -0.15) is 0 Å². The highest BCUT2D eigenvalue weighted by Gasteiger charge is 2.26. The maximum atomic E-state index is 13.0. The van der Waals surface area contributed by atoms with Gasteiger partial charge in [0.2, 0.25) is 11.8 Å². The van der Waals surface area contributed by atoms with Gasteiger partial charge in [-0.3, -0.25) is 9.59 Å². The SMILES string of the molecule is O=C(NC1CCNC1=O)c1coc(COc2cccc(F)c2)n1. The van der Waals surface area contributed by atoms with Crippen molar-refractivity contribution in [3.05, 3.63) is 47.9 Å². The van der Waals surface area contributed by atoms with Crippen molar-refractivity contribution in [2.24, 2.45) is 0 Å². The highest BCUT2D eigenvalue weighted by Crippen LogP contribution is 2.14. The molecule has 23 heavy (non-hydrogen) atoms. The number of aromatic nitrogens is 1. The summed E-state index contributed by atoms with van der Waals surface area (Å²) in [7, 11) is 0. The Morgan fingerprint density at radius 1 is 1.52 bits per heavy atom. The molecule has 1 atom stereocenters. The third-order valence-corrected chi connectivity index (χ3v) is 3.30. The third-order valence-electron chi connectivity index (χ3n) is 3.30. The van der Waals surface area contributed by atoms with Gasteiger partial charge in [0.15, 0.2) is 12.3 Å². The number of nitrogens with one attached hydrogen (secondary N) is 2. The Balaban J connectivity index is 1.57. The van der Waals surface area contributed by atoms with Gasteiger partial charge in [-0.15, -0.1) is 0 Å². The topological polar surface area (TPSA) is 93.5 Å². The van der Waals surface area contributed by atoms with E-state index in [0.717, 1.165) is 0 Å². The molecule has 0 aliphatic carbocycles. The average Bonchev–Trinajstić information content (AvgIpc) is 3.15. The van der Waals surface area contributed by atoms with Gasteiger partial charge in [-0.1, -0.05) is 6.07 Å². The zero-order valence-corrected chi connectivity index (χ0v) is 12.0. The predicted octanol–water partition coefficient (Wildman–Crippen LogP) is 1.01. The first-order chi connectivity index (χ1) is 11.1. The van der Waals surface area contributed by atoms with Crippen molar-refractivity contribution in [2.45, 2.75) is 19.1 Å². The Bertz CT molecular complexity index is 731. The van der Waals surface area contributed by atoms with Crippen LogP contribution >= 0.6 is 0 Å². The van der Waals surface area contributed by atoms with Crippen LogP contribution in [0.2, 0.25) is 0 Å². The second kappa shape index (κ2) is 6.47. The Labute approximate surface area is 130 Å². The first kappa shape index (κ1) is 15.0. The maximum Gasteiger partial charge on any atom is 0.273 e. The van der Waals surface area contributed by atoms with Gasteiger partial charge in [0.1, 0.15) is 23.9 Å². The summed E-state index contributed by atoms with van der Waals surface area (Å²) in [5, 5.41) is 5.20. The second-order valence-electron chi connectivity index (χ2n) is 4.98. The zero-order valence-electron chi connectivity index (χ0n) is 12.0. The number of benzene rings is 1. The van der Waals surface area contributed by atoms with E-state index in [9.17, 15) is 14.0 Å². The predicted molar refractivity (Wildman–Crippen MR) is 76.1 cm³/mol. The molecule has 1 aromatic carbocycles. The molecule has 0 saturated carbocycles. The van der Waals surface area contributed by atoms with E-state index < -0.39 is 17.8 Å². The van der Waals surface area contributed by atoms with Crippen LogP contribution in [0.1, 0.15) is 22.8 Å². The molecule has 1 saturated heterocycles. The van der Waals surface area contributed by atoms with Gasteiger partial charge in [-0.25, -0.2) is 9.37 Å². The Hall–Kier alpha value is -2.90. The summed E-state index contributed by atoms with van der Waals surface area (Å²) in [6, 6.07) is 5.10. The summed E-state index contributed by atoms with van der Waals surface area (Å²) in [5.74, 6) is -0.610. The number of carbonyl (C=O) groups is 2. The fourth-order valence-electron chi connectivity index (χ4n) is 2.15. The minimum atomic E-state index is -0.550. The number of rotatable bonds is 5. The van der Waals surface area contributed by atoms with Crippen molar-refractivity contribution < 1.29 is 23.1 Å². The van der Waals surface area contributed by atoms with Gasteiger partial charge < -0.3 is 19.8 Å². The number of ether oxygens (including phenoxy) is 1. The molecule has 2 heterocycles. The molecule has 0 spiro atoms. The highest BCUT2D eigenvalue weighted by molar-refractivity contribution is 5.96. The fourth-order valence-corrected chi connectivity index (χ4v) is 2.15. The number of carbonyl (C=O) groups excluding carboxylic acids is 2. The summed E-state index contributed by atoms with van der Waals surface area (Å²) in [4.78, 5) is 27.4. The summed E-state index contributed by atoms with van der Waals surface area (Å²) >= 11 is 0. The van der Waals surface area contributed by atoms with Crippen LogP contribution in [0.5, 0.6) is 5.75 Å². The minimum Gasteiger partial charge on any atom is -0.484 e. The third kappa shape index (κ3) is 3.65. The zero-order chi connectivity index (χ0) is 16.2. The minimum absolute atomic E-state index is 0.0410. The normalized spacial score (nSPS) is 16.9. The lowest BCUT2D eigenvalue weighted by Gasteiger charge is -2.07. The number of hydrogen-bond acceptors (Lipinski definition) is 5. The van der Waals surface area contributed by atoms with E-state index in [-0.39, 0.29) is 24.1 Å². The molecule has 0 bridgehead atoms. The van der Waals surface area contributed by atoms with Crippen molar-refractivity contribution >= 4 is 11.8 Å². The Morgan fingerprint density at radius 2 is 2.39 bits per heavy atom. The number of hydrogen-bond donors (Lipinski definition) is 2. The lowest BCUT2D eigenvalue weighted by Crippen LogP contribution is -2.40. The van der Waals surface area contributed by atoms with Gasteiger partial charge in [0.25, 0.3) is 5.91 Å². The van der Waals surface area contributed by atoms with E-state index in [0.29, 0.717) is 18.7 Å². The molecule has 0 radical (unpaired) electrons.